The first-order valence-corrected chi connectivity index (χ1v) is 6.46. The van der Waals surface area contributed by atoms with Gasteiger partial charge in [-0.1, -0.05) is 19.1 Å². The fourth-order valence-corrected chi connectivity index (χ4v) is 3.13. The molecule has 3 heteroatoms. The number of fused-ring (bicyclic) bond motifs is 1. The molecule has 0 saturated heterocycles. The molecule has 15 heavy (non-hydrogen) atoms. The van der Waals surface area contributed by atoms with Crippen molar-refractivity contribution in [3.8, 4) is 0 Å². The van der Waals surface area contributed by atoms with E-state index in [1.165, 1.54) is 0 Å². The van der Waals surface area contributed by atoms with Gasteiger partial charge in [0.25, 0.3) is 0 Å². The van der Waals surface area contributed by atoms with Crippen molar-refractivity contribution in [2.75, 3.05) is 12.3 Å². The van der Waals surface area contributed by atoms with Crippen LogP contribution in [0.15, 0.2) is 23.1 Å². The van der Waals surface area contributed by atoms with Crippen LogP contribution in [-0.2, 0) is 0 Å². The van der Waals surface area contributed by atoms with Gasteiger partial charge in [-0.15, -0.1) is 11.8 Å². The molecule has 1 N–H and O–H groups in total. The molecule has 0 aliphatic carbocycles. The fourth-order valence-electron chi connectivity index (χ4n) is 2.03. The predicted molar refractivity (Wildman–Crippen MR) is 62.8 cm³/mol. The van der Waals surface area contributed by atoms with Crippen LogP contribution in [0, 0.1) is 5.82 Å². The largest absolute Gasteiger partial charge is 0.310 e. The van der Waals surface area contributed by atoms with E-state index < -0.39 is 0 Å². The first kappa shape index (κ1) is 11.0. The Bertz CT molecular complexity index is 340. The lowest BCUT2D eigenvalue weighted by Crippen LogP contribution is -2.20. The summed E-state index contributed by atoms with van der Waals surface area (Å²) in [6, 6.07) is 5.74. The van der Waals surface area contributed by atoms with Gasteiger partial charge in [0.15, 0.2) is 0 Å². The van der Waals surface area contributed by atoms with E-state index >= 15 is 0 Å². The summed E-state index contributed by atoms with van der Waals surface area (Å²) in [6.07, 6.45) is 2.26. The average molecular weight is 225 g/mol. The molecule has 1 nitrogen and oxygen atoms in total. The highest BCUT2D eigenvalue weighted by atomic mass is 32.2. The molecule has 0 spiro atoms. The summed E-state index contributed by atoms with van der Waals surface area (Å²) in [5.41, 5.74) is 1.14. The molecular weight excluding hydrogens is 209 g/mol. The Hall–Kier alpha value is -0.540. The molecule has 0 fully saturated rings. The molecule has 1 atom stereocenters. The maximum Gasteiger partial charge on any atom is 0.137 e. The van der Waals surface area contributed by atoms with Crippen LogP contribution in [0.3, 0.4) is 0 Å². The van der Waals surface area contributed by atoms with Gasteiger partial charge in [-0.25, -0.2) is 4.39 Å². The molecule has 0 saturated carbocycles. The molecule has 1 unspecified atom stereocenters. The summed E-state index contributed by atoms with van der Waals surface area (Å²) < 4.78 is 13.6. The number of halogens is 1. The van der Waals surface area contributed by atoms with E-state index in [4.69, 9.17) is 0 Å². The number of thioether (sulfide) groups is 1. The molecule has 0 radical (unpaired) electrons. The lowest BCUT2D eigenvalue weighted by atomic mass is 10.0. The molecule has 1 aliphatic rings. The van der Waals surface area contributed by atoms with Gasteiger partial charge >= 0.3 is 0 Å². The topological polar surface area (TPSA) is 12.0 Å². The van der Waals surface area contributed by atoms with Gasteiger partial charge in [0, 0.05) is 10.9 Å². The smallest absolute Gasteiger partial charge is 0.137 e. The van der Waals surface area contributed by atoms with Crippen molar-refractivity contribution >= 4 is 11.8 Å². The Labute approximate surface area is 94.5 Å². The molecule has 1 aliphatic heterocycles. The average Bonchev–Trinajstić information content (AvgIpc) is 2.43. The predicted octanol–water partition coefficient (Wildman–Crippen LogP) is 3.36. The number of benzene rings is 1. The SMILES string of the molecule is CCNC1CCCSc2c(F)cccc21. The minimum Gasteiger partial charge on any atom is -0.310 e. The molecule has 1 aromatic rings. The zero-order chi connectivity index (χ0) is 10.7. The zero-order valence-electron chi connectivity index (χ0n) is 8.92. The van der Waals surface area contributed by atoms with Crippen LogP contribution in [0.4, 0.5) is 4.39 Å². The number of hydrogen-bond acceptors (Lipinski definition) is 2. The Morgan fingerprint density at radius 2 is 2.40 bits per heavy atom. The summed E-state index contributed by atoms with van der Waals surface area (Å²) in [6.45, 7) is 3.03. The fraction of sp³-hybridized carbons (Fsp3) is 0.500. The molecule has 0 amide bonds. The highest BCUT2D eigenvalue weighted by molar-refractivity contribution is 7.99. The summed E-state index contributed by atoms with van der Waals surface area (Å²) in [7, 11) is 0. The van der Waals surface area contributed by atoms with E-state index in [0.717, 1.165) is 35.6 Å². The van der Waals surface area contributed by atoms with Crippen LogP contribution in [0.25, 0.3) is 0 Å². The van der Waals surface area contributed by atoms with Crippen molar-refractivity contribution in [3.63, 3.8) is 0 Å². The van der Waals surface area contributed by atoms with E-state index in [1.54, 1.807) is 17.8 Å². The molecule has 82 valence electrons. The standard InChI is InChI=1S/C12H16FNS/c1-2-14-11-7-4-8-15-12-9(11)5-3-6-10(12)13/h3,5-6,11,14H,2,4,7-8H2,1H3. The molecule has 0 bridgehead atoms. The Balaban J connectivity index is 2.36. The van der Waals surface area contributed by atoms with Crippen molar-refractivity contribution in [3.05, 3.63) is 29.6 Å². The van der Waals surface area contributed by atoms with E-state index in [-0.39, 0.29) is 5.82 Å². The third-order valence-electron chi connectivity index (χ3n) is 2.71. The van der Waals surface area contributed by atoms with Gasteiger partial charge in [-0.3, -0.25) is 0 Å². The summed E-state index contributed by atoms with van der Waals surface area (Å²) in [4.78, 5) is 0.848. The van der Waals surface area contributed by atoms with Gasteiger partial charge < -0.3 is 5.32 Å². The van der Waals surface area contributed by atoms with Crippen LogP contribution in [0.2, 0.25) is 0 Å². The van der Waals surface area contributed by atoms with Crippen LogP contribution >= 0.6 is 11.8 Å². The van der Waals surface area contributed by atoms with Crippen molar-refractivity contribution < 1.29 is 4.39 Å². The van der Waals surface area contributed by atoms with Crippen molar-refractivity contribution in [1.82, 2.24) is 5.32 Å². The first-order chi connectivity index (χ1) is 7.33. The molecule has 0 aromatic heterocycles. The van der Waals surface area contributed by atoms with Crippen LogP contribution < -0.4 is 5.32 Å². The second-order valence-electron chi connectivity index (χ2n) is 3.76. The maximum atomic E-state index is 13.6. The van der Waals surface area contributed by atoms with E-state index in [1.807, 2.05) is 12.1 Å². The molecule has 1 aromatic carbocycles. The third-order valence-corrected chi connectivity index (χ3v) is 3.92. The number of nitrogens with one attached hydrogen (secondary N) is 1. The van der Waals surface area contributed by atoms with Crippen LogP contribution in [0.1, 0.15) is 31.4 Å². The van der Waals surface area contributed by atoms with Crippen LogP contribution in [-0.4, -0.2) is 12.3 Å². The quantitative estimate of drug-likeness (QED) is 0.828. The monoisotopic (exact) mass is 225 g/mol. The summed E-state index contributed by atoms with van der Waals surface area (Å²) in [5, 5.41) is 3.43. The first-order valence-electron chi connectivity index (χ1n) is 5.47. The Kier molecular flexibility index (Phi) is 3.65. The minimum atomic E-state index is -0.0673. The lowest BCUT2D eigenvalue weighted by molar-refractivity contribution is 0.500. The highest BCUT2D eigenvalue weighted by Gasteiger charge is 2.20. The normalized spacial score (nSPS) is 20.8. The van der Waals surface area contributed by atoms with Gasteiger partial charge in [0.05, 0.1) is 0 Å². The van der Waals surface area contributed by atoms with Crippen molar-refractivity contribution in [2.45, 2.75) is 30.7 Å². The summed E-state index contributed by atoms with van der Waals surface area (Å²) >= 11 is 1.65. The van der Waals surface area contributed by atoms with Gasteiger partial charge in [-0.2, -0.15) is 0 Å². The van der Waals surface area contributed by atoms with Gasteiger partial charge in [-0.05, 0) is 36.8 Å². The van der Waals surface area contributed by atoms with E-state index in [9.17, 15) is 4.39 Å². The van der Waals surface area contributed by atoms with Crippen LogP contribution in [0.5, 0.6) is 0 Å². The van der Waals surface area contributed by atoms with Crippen molar-refractivity contribution in [1.29, 1.82) is 0 Å². The maximum absolute atomic E-state index is 13.6. The Morgan fingerprint density at radius 1 is 1.53 bits per heavy atom. The number of hydrogen-bond donors (Lipinski definition) is 1. The molecule has 1 heterocycles. The third kappa shape index (κ3) is 2.34. The zero-order valence-corrected chi connectivity index (χ0v) is 9.74. The molecular formula is C12H16FNS. The minimum absolute atomic E-state index is 0.0673. The van der Waals surface area contributed by atoms with Crippen molar-refractivity contribution in [2.24, 2.45) is 0 Å². The second-order valence-corrected chi connectivity index (χ2v) is 4.86. The lowest BCUT2D eigenvalue weighted by Gasteiger charge is -2.18. The number of rotatable bonds is 2. The highest BCUT2D eigenvalue weighted by Crippen LogP contribution is 2.36. The second kappa shape index (κ2) is 4.99. The van der Waals surface area contributed by atoms with E-state index in [0.29, 0.717) is 6.04 Å². The van der Waals surface area contributed by atoms with Gasteiger partial charge in [0.2, 0.25) is 0 Å². The Morgan fingerprint density at radius 3 is 3.20 bits per heavy atom. The summed E-state index contributed by atoms with van der Waals surface area (Å²) in [5.74, 6) is 0.956. The van der Waals surface area contributed by atoms with E-state index in [2.05, 4.69) is 12.2 Å². The van der Waals surface area contributed by atoms with Gasteiger partial charge in [0.1, 0.15) is 5.82 Å². The molecule has 2 rings (SSSR count).